The average molecular weight is 318 g/mol. The molecule has 1 aliphatic carbocycles. The number of nitrogens with zero attached hydrogens (tertiary/aromatic N) is 1. The molecule has 1 aliphatic heterocycles. The Morgan fingerprint density at radius 2 is 2.04 bits per heavy atom. The predicted molar refractivity (Wildman–Crippen MR) is 84.2 cm³/mol. The molecule has 2 fully saturated rings. The first-order valence-electron chi connectivity index (χ1n) is 8.10. The fourth-order valence-electron chi connectivity index (χ4n) is 2.71. The molecule has 0 radical (unpaired) electrons. The molecule has 124 valence electrons. The monoisotopic (exact) mass is 318 g/mol. The lowest BCUT2D eigenvalue weighted by atomic mass is 10.1. The largest absolute Gasteiger partial charge is 0.493 e. The molecule has 1 saturated heterocycles. The Balaban J connectivity index is 1.51. The summed E-state index contributed by atoms with van der Waals surface area (Å²) < 4.78 is 5.82. The van der Waals surface area contributed by atoms with Crippen LogP contribution < -0.4 is 10.1 Å². The zero-order valence-electron chi connectivity index (χ0n) is 13.0. The summed E-state index contributed by atoms with van der Waals surface area (Å²) in [6.07, 6.45) is 2.99. The number of rotatable bonds is 6. The number of aliphatic carboxylic acids is 1. The van der Waals surface area contributed by atoms with Crippen molar-refractivity contribution in [1.29, 1.82) is 0 Å². The van der Waals surface area contributed by atoms with Gasteiger partial charge in [-0.2, -0.15) is 0 Å². The van der Waals surface area contributed by atoms with Gasteiger partial charge in [0.2, 0.25) is 0 Å². The lowest BCUT2D eigenvalue weighted by Crippen LogP contribution is -2.38. The van der Waals surface area contributed by atoms with Crippen molar-refractivity contribution in [3.8, 4) is 5.75 Å². The van der Waals surface area contributed by atoms with E-state index >= 15 is 0 Å². The molecule has 2 N–H and O–H groups in total. The first kappa shape index (κ1) is 15.6. The number of carboxylic acid groups (broad SMARTS) is 1. The van der Waals surface area contributed by atoms with Crippen LogP contribution in [0.1, 0.15) is 24.8 Å². The Morgan fingerprint density at radius 3 is 2.74 bits per heavy atom. The van der Waals surface area contributed by atoms with Crippen LogP contribution in [0, 0.1) is 11.8 Å². The molecule has 0 aromatic heterocycles. The number of nitrogens with one attached hydrogen (secondary N) is 1. The van der Waals surface area contributed by atoms with Crippen LogP contribution in [-0.4, -0.2) is 41.7 Å². The van der Waals surface area contributed by atoms with Gasteiger partial charge in [0.15, 0.2) is 0 Å². The molecule has 1 unspecified atom stereocenters. The van der Waals surface area contributed by atoms with Crippen molar-refractivity contribution in [1.82, 2.24) is 10.2 Å². The van der Waals surface area contributed by atoms with E-state index in [-0.39, 0.29) is 12.6 Å². The Bertz CT molecular complexity index is 586. The molecule has 1 heterocycles. The number of carboxylic acids is 1. The second-order valence-electron chi connectivity index (χ2n) is 6.29. The van der Waals surface area contributed by atoms with E-state index in [1.807, 2.05) is 24.3 Å². The Morgan fingerprint density at radius 1 is 1.26 bits per heavy atom. The number of carbonyl (C=O) groups is 2. The van der Waals surface area contributed by atoms with E-state index < -0.39 is 11.9 Å². The number of likely N-dealkylation sites (tertiary alicyclic amines) is 1. The van der Waals surface area contributed by atoms with Gasteiger partial charge in [-0.3, -0.25) is 4.79 Å². The van der Waals surface area contributed by atoms with Crippen molar-refractivity contribution in [3.63, 3.8) is 0 Å². The molecule has 0 spiro atoms. The quantitative estimate of drug-likeness (QED) is 0.842. The van der Waals surface area contributed by atoms with Gasteiger partial charge in [-0.15, -0.1) is 0 Å². The maximum atomic E-state index is 12.2. The zero-order chi connectivity index (χ0) is 16.2. The Kier molecular flexibility index (Phi) is 4.69. The minimum Gasteiger partial charge on any atom is -0.493 e. The summed E-state index contributed by atoms with van der Waals surface area (Å²) in [6, 6.07) is 7.48. The molecule has 6 nitrogen and oxygen atoms in total. The molecule has 2 aliphatic rings. The third-order valence-corrected chi connectivity index (χ3v) is 4.40. The molecule has 0 bridgehead atoms. The minimum absolute atomic E-state index is 0.217. The number of ether oxygens (including phenoxy) is 1. The van der Waals surface area contributed by atoms with Crippen LogP contribution in [0.5, 0.6) is 5.75 Å². The molecule has 1 saturated carbocycles. The summed E-state index contributed by atoms with van der Waals surface area (Å²) in [6.45, 7) is 1.88. The van der Waals surface area contributed by atoms with E-state index in [1.54, 1.807) is 4.90 Å². The van der Waals surface area contributed by atoms with Gasteiger partial charge in [0.1, 0.15) is 5.75 Å². The molecule has 23 heavy (non-hydrogen) atoms. The van der Waals surface area contributed by atoms with Crippen molar-refractivity contribution >= 4 is 12.0 Å². The predicted octanol–water partition coefficient (Wildman–Crippen LogP) is 2.09. The fourth-order valence-corrected chi connectivity index (χ4v) is 2.71. The molecule has 2 amide bonds. The van der Waals surface area contributed by atoms with Crippen LogP contribution in [0.15, 0.2) is 24.3 Å². The van der Waals surface area contributed by atoms with Gasteiger partial charge in [0, 0.05) is 25.2 Å². The van der Waals surface area contributed by atoms with Crippen LogP contribution in [0.3, 0.4) is 0 Å². The van der Waals surface area contributed by atoms with E-state index in [0.29, 0.717) is 25.4 Å². The number of para-hydroxylation sites is 1. The van der Waals surface area contributed by atoms with Gasteiger partial charge in [0.25, 0.3) is 0 Å². The SMILES string of the molecule is O=C(O)C1CCN(C(=O)NCc2ccccc2OCC2CC2)C1. The number of hydrogen-bond acceptors (Lipinski definition) is 3. The number of amides is 2. The summed E-state index contributed by atoms with van der Waals surface area (Å²) in [5.41, 5.74) is 0.940. The molecule has 6 heteroatoms. The highest BCUT2D eigenvalue weighted by Gasteiger charge is 2.30. The van der Waals surface area contributed by atoms with Crippen LogP contribution in [0.2, 0.25) is 0 Å². The summed E-state index contributed by atoms with van der Waals surface area (Å²) in [5.74, 6) is 0.203. The van der Waals surface area contributed by atoms with E-state index in [9.17, 15) is 9.59 Å². The van der Waals surface area contributed by atoms with Gasteiger partial charge in [-0.1, -0.05) is 18.2 Å². The minimum atomic E-state index is -0.834. The molecule has 1 aromatic rings. The fraction of sp³-hybridized carbons (Fsp3) is 0.529. The molecule has 3 rings (SSSR count). The highest BCUT2D eigenvalue weighted by atomic mass is 16.5. The number of hydrogen-bond donors (Lipinski definition) is 2. The maximum Gasteiger partial charge on any atom is 0.317 e. The summed E-state index contributed by atoms with van der Waals surface area (Å²) >= 11 is 0. The molecule has 1 aromatic carbocycles. The Hall–Kier alpha value is -2.24. The number of carbonyl (C=O) groups excluding carboxylic acids is 1. The van der Waals surface area contributed by atoms with E-state index in [1.165, 1.54) is 12.8 Å². The molecular formula is C17H22N2O4. The summed E-state index contributed by atoms with van der Waals surface area (Å²) in [7, 11) is 0. The molecular weight excluding hydrogens is 296 g/mol. The van der Waals surface area contributed by atoms with Crippen molar-refractivity contribution in [2.24, 2.45) is 11.8 Å². The summed E-state index contributed by atoms with van der Waals surface area (Å²) in [5, 5.41) is 11.8. The first-order chi connectivity index (χ1) is 11.1. The van der Waals surface area contributed by atoms with Crippen LogP contribution in [-0.2, 0) is 11.3 Å². The number of urea groups is 1. The topological polar surface area (TPSA) is 78.9 Å². The van der Waals surface area contributed by atoms with Crippen molar-refractivity contribution in [2.75, 3.05) is 19.7 Å². The van der Waals surface area contributed by atoms with Crippen LogP contribution in [0.4, 0.5) is 4.79 Å². The third-order valence-electron chi connectivity index (χ3n) is 4.40. The normalized spacial score (nSPS) is 20.3. The van der Waals surface area contributed by atoms with Crippen LogP contribution >= 0.6 is 0 Å². The Labute approximate surface area is 135 Å². The standard InChI is InChI=1S/C17H22N2O4/c20-16(21)14-7-8-19(10-14)17(22)18-9-13-3-1-2-4-15(13)23-11-12-5-6-12/h1-4,12,14H,5-11H2,(H,18,22)(H,20,21). The smallest absolute Gasteiger partial charge is 0.317 e. The first-order valence-corrected chi connectivity index (χ1v) is 8.10. The second kappa shape index (κ2) is 6.89. The lowest BCUT2D eigenvalue weighted by molar-refractivity contribution is -0.141. The van der Waals surface area contributed by atoms with Crippen molar-refractivity contribution < 1.29 is 19.4 Å². The zero-order valence-corrected chi connectivity index (χ0v) is 13.0. The van der Waals surface area contributed by atoms with E-state index in [0.717, 1.165) is 17.9 Å². The van der Waals surface area contributed by atoms with Crippen molar-refractivity contribution in [3.05, 3.63) is 29.8 Å². The molecule has 1 atom stereocenters. The highest BCUT2D eigenvalue weighted by molar-refractivity contribution is 5.77. The van der Waals surface area contributed by atoms with Crippen LogP contribution in [0.25, 0.3) is 0 Å². The average Bonchev–Trinajstić information content (AvgIpc) is 3.24. The lowest BCUT2D eigenvalue weighted by Gasteiger charge is -2.18. The van der Waals surface area contributed by atoms with Gasteiger partial charge in [-0.25, -0.2) is 4.79 Å². The van der Waals surface area contributed by atoms with Gasteiger partial charge in [0.05, 0.1) is 12.5 Å². The van der Waals surface area contributed by atoms with Gasteiger partial charge < -0.3 is 20.1 Å². The second-order valence-corrected chi connectivity index (χ2v) is 6.29. The van der Waals surface area contributed by atoms with E-state index in [2.05, 4.69) is 5.32 Å². The highest BCUT2D eigenvalue weighted by Crippen LogP contribution is 2.30. The van der Waals surface area contributed by atoms with Gasteiger partial charge >= 0.3 is 12.0 Å². The summed E-state index contributed by atoms with van der Waals surface area (Å²) in [4.78, 5) is 24.7. The third kappa shape index (κ3) is 4.15. The van der Waals surface area contributed by atoms with Crippen molar-refractivity contribution in [2.45, 2.75) is 25.8 Å². The van der Waals surface area contributed by atoms with E-state index in [4.69, 9.17) is 9.84 Å². The van der Waals surface area contributed by atoms with Gasteiger partial charge in [-0.05, 0) is 31.2 Å². The maximum absolute atomic E-state index is 12.2. The number of benzene rings is 1.